The Hall–Kier alpha value is -4.46. The normalized spacial score (nSPS) is 14.5. The Morgan fingerprint density at radius 1 is 0.975 bits per heavy atom. The van der Waals surface area contributed by atoms with Crippen LogP contribution >= 0.6 is 0 Å². The van der Waals surface area contributed by atoms with Gasteiger partial charge in [0.1, 0.15) is 5.58 Å². The number of hydrogen-bond donors (Lipinski definition) is 2. The molecular weight excluding hydrogens is 528 g/mol. The van der Waals surface area contributed by atoms with Gasteiger partial charge in [-0.2, -0.15) is 5.26 Å². The van der Waals surface area contributed by atoms with E-state index in [0.29, 0.717) is 27.8 Å². The standard InChI is InChI=1S/C30H28N4O5S/c1-40(37,38)26-9-6-22(7-10-26)29(35)33-25-8-11-27-23(16-25)17-28(39-27)30(36)32-24-12-14-34(15-13-24)19-21-4-2-20(18-31)3-5-21/h2-11,16-17,24H,12-15,19H2,1H3,(H,32,36)(H,33,35). The van der Waals surface area contributed by atoms with E-state index in [1.54, 1.807) is 24.3 Å². The number of hydrogen-bond acceptors (Lipinski definition) is 7. The first-order valence-corrected chi connectivity index (χ1v) is 14.7. The molecule has 4 aromatic rings. The molecule has 2 N–H and O–H groups in total. The third-order valence-electron chi connectivity index (χ3n) is 6.95. The number of sulfone groups is 1. The van der Waals surface area contributed by atoms with Crippen LogP contribution in [-0.2, 0) is 16.4 Å². The molecule has 0 aliphatic carbocycles. The third-order valence-corrected chi connectivity index (χ3v) is 8.08. The number of piperidine rings is 1. The number of nitrogens with zero attached hydrogens (tertiary/aromatic N) is 2. The van der Waals surface area contributed by atoms with E-state index in [0.717, 1.165) is 44.3 Å². The zero-order valence-corrected chi connectivity index (χ0v) is 22.7. The van der Waals surface area contributed by atoms with E-state index in [1.807, 2.05) is 24.3 Å². The Balaban J connectivity index is 1.16. The Morgan fingerprint density at radius 2 is 1.68 bits per heavy atom. The highest BCUT2D eigenvalue weighted by Gasteiger charge is 2.23. The Bertz CT molecular complexity index is 1700. The quantitative estimate of drug-likeness (QED) is 0.346. The fraction of sp³-hybridized carbons (Fsp3) is 0.233. The molecule has 1 aliphatic rings. The summed E-state index contributed by atoms with van der Waals surface area (Å²) in [7, 11) is -3.34. The summed E-state index contributed by atoms with van der Waals surface area (Å²) in [5.41, 5.74) is 3.17. The van der Waals surface area contributed by atoms with Gasteiger partial charge in [0.25, 0.3) is 11.8 Å². The minimum Gasteiger partial charge on any atom is -0.451 e. The number of fused-ring (bicyclic) bond motifs is 1. The van der Waals surface area contributed by atoms with Crippen molar-refractivity contribution in [3.63, 3.8) is 0 Å². The van der Waals surface area contributed by atoms with Gasteiger partial charge in [-0.3, -0.25) is 14.5 Å². The van der Waals surface area contributed by atoms with Crippen LogP contribution in [-0.4, -0.2) is 50.5 Å². The van der Waals surface area contributed by atoms with E-state index in [-0.39, 0.29) is 28.5 Å². The van der Waals surface area contributed by atoms with Gasteiger partial charge in [-0.05, 0) is 79.1 Å². The number of carbonyl (C=O) groups excluding carboxylic acids is 2. The lowest BCUT2D eigenvalue weighted by Gasteiger charge is -2.32. The van der Waals surface area contributed by atoms with Crippen LogP contribution in [0.25, 0.3) is 11.0 Å². The first-order valence-electron chi connectivity index (χ1n) is 12.9. The largest absolute Gasteiger partial charge is 0.451 e. The van der Waals surface area contributed by atoms with E-state index < -0.39 is 9.84 Å². The Morgan fingerprint density at radius 3 is 2.33 bits per heavy atom. The van der Waals surface area contributed by atoms with Crippen LogP contribution in [0.2, 0.25) is 0 Å². The first kappa shape index (κ1) is 27.1. The lowest BCUT2D eigenvalue weighted by molar-refractivity contribution is 0.0883. The number of nitriles is 1. The predicted octanol–water partition coefficient (Wildman–Crippen LogP) is 4.35. The summed E-state index contributed by atoms with van der Waals surface area (Å²) in [6.45, 7) is 2.51. The highest BCUT2D eigenvalue weighted by molar-refractivity contribution is 7.90. The monoisotopic (exact) mass is 556 g/mol. The summed E-state index contributed by atoms with van der Waals surface area (Å²) in [4.78, 5) is 28.0. The molecule has 3 aromatic carbocycles. The molecule has 5 rings (SSSR count). The van der Waals surface area contributed by atoms with Gasteiger partial charge in [0.05, 0.1) is 16.5 Å². The predicted molar refractivity (Wildman–Crippen MR) is 151 cm³/mol. The third kappa shape index (κ3) is 6.39. The topological polar surface area (TPSA) is 133 Å². The van der Waals surface area contributed by atoms with Crippen molar-refractivity contribution >= 4 is 38.3 Å². The lowest BCUT2D eigenvalue weighted by atomic mass is 10.0. The zero-order chi connectivity index (χ0) is 28.3. The number of benzene rings is 3. The molecule has 0 radical (unpaired) electrons. The van der Waals surface area contributed by atoms with Crippen molar-refractivity contribution in [3.05, 3.63) is 95.2 Å². The Labute approximate surface area is 232 Å². The molecule has 1 aromatic heterocycles. The molecule has 1 aliphatic heterocycles. The van der Waals surface area contributed by atoms with Crippen LogP contribution in [0.1, 0.15) is 44.9 Å². The Kier molecular flexibility index (Phi) is 7.69. The van der Waals surface area contributed by atoms with Gasteiger partial charge in [-0.15, -0.1) is 0 Å². The van der Waals surface area contributed by atoms with E-state index in [1.165, 1.54) is 24.3 Å². The number of furan rings is 1. The number of nitrogens with one attached hydrogen (secondary N) is 2. The lowest BCUT2D eigenvalue weighted by Crippen LogP contribution is -2.44. The molecule has 0 spiro atoms. The molecule has 1 fully saturated rings. The number of rotatable bonds is 7. The summed E-state index contributed by atoms with van der Waals surface area (Å²) in [6.07, 6.45) is 2.76. The van der Waals surface area contributed by atoms with E-state index in [4.69, 9.17) is 9.68 Å². The highest BCUT2D eigenvalue weighted by Crippen LogP contribution is 2.24. The second-order valence-electron chi connectivity index (χ2n) is 9.95. The fourth-order valence-corrected chi connectivity index (χ4v) is 5.36. The molecule has 2 heterocycles. The second-order valence-corrected chi connectivity index (χ2v) is 12.0. The maximum absolute atomic E-state index is 12.9. The first-order chi connectivity index (χ1) is 19.2. The summed E-state index contributed by atoms with van der Waals surface area (Å²) in [5, 5.41) is 15.5. The van der Waals surface area contributed by atoms with Crippen LogP contribution in [0.3, 0.4) is 0 Å². The summed E-state index contributed by atoms with van der Waals surface area (Å²) < 4.78 is 29.0. The van der Waals surface area contributed by atoms with E-state index in [2.05, 4.69) is 21.6 Å². The molecule has 40 heavy (non-hydrogen) atoms. The van der Waals surface area contributed by atoms with E-state index >= 15 is 0 Å². The number of carbonyl (C=O) groups is 2. The summed E-state index contributed by atoms with van der Waals surface area (Å²) in [5.74, 6) is -0.459. The minimum atomic E-state index is -3.34. The van der Waals surface area contributed by atoms with Gasteiger partial charge in [0, 0.05) is 48.6 Å². The van der Waals surface area contributed by atoms with Gasteiger partial charge in [-0.25, -0.2) is 8.42 Å². The van der Waals surface area contributed by atoms with Crippen molar-refractivity contribution in [2.75, 3.05) is 24.7 Å². The molecule has 0 saturated carbocycles. The number of amides is 2. The van der Waals surface area contributed by atoms with Crippen LogP contribution in [0.5, 0.6) is 0 Å². The van der Waals surface area contributed by atoms with Crippen LogP contribution in [0.15, 0.2) is 82.1 Å². The molecule has 0 unspecified atom stereocenters. The van der Waals surface area contributed by atoms with Gasteiger partial charge in [-0.1, -0.05) is 12.1 Å². The van der Waals surface area contributed by atoms with Gasteiger partial charge in [0.2, 0.25) is 0 Å². The highest BCUT2D eigenvalue weighted by atomic mass is 32.2. The fourth-order valence-electron chi connectivity index (χ4n) is 4.72. The van der Waals surface area contributed by atoms with Crippen molar-refractivity contribution in [2.24, 2.45) is 0 Å². The molecule has 10 heteroatoms. The SMILES string of the molecule is CS(=O)(=O)c1ccc(C(=O)Nc2ccc3oc(C(=O)NC4CCN(Cc5ccc(C#N)cc5)CC4)cc3c2)cc1. The molecular formula is C30H28N4O5S. The van der Waals surface area contributed by atoms with Crippen LogP contribution < -0.4 is 10.6 Å². The van der Waals surface area contributed by atoms with Crippen LogP contribution in [0, 0.1) is 11.3 Å². The van der Waals surface area contributed by atoms with Crippen molar-refractivity contribution in [3.8, 4) is 6.07 Å². The van der Waals surface area contributed by atoms with Crippen molar-refractivity contribution < 1.29 is 22.4 Å². The molecule has 2 amide bonds. The maximum atomic E-state index is 12.9. The van der Waals surface area contributed by atoms with Gasteiger partial charge in [0.15, 0.2) is 15.6 Å². The molecule has 0 atom stereocenters. The van der Waals surface area contributed by atoms with Gasteiger partial charge < -0.3 is 15.1 Å². The average molecular weight is 557 g/mol. The van der Waals surface area contributed by atoms with E-state index in [9.17, 15) is 18.0 Å². The zero-order valence-electron chi connectivity index (χ0n) is 21.9. The van der Waals surface area contributed by atoms with Crippen LogP contribution in [0.4, 0.5) is 5.69 Å². The average Bonchev–Trinajstić information content (AvgIpc) is 3.38. The van der Waals surface area contributed by atoms with Crippen molar-refractivity contribution in [1.29, 1.82) is 5.26 Å². The summed E-state index contributed by atoms with van der Waals surface area (Å²) in [6, 6.07) is 22.2. The van der Waals surface area contributed by atoms with Crippen molar-refractivity contribution in [2.45, 2.75) is 30.3 Å². The van der Waals surface area contributed by atoms with Crippen molar-refractivity contribution in [1.82, 2.24) is 10.2 Å². The summed E-state index contributed by atoms with van der Waals surface area (Å²) >= 11 is 0. The molecule has 1 saturated heterocycles. The molecule has 9 nitrogen and oxygen atoms in total. The molecule has 0 bridgehead atoms. The smallest absolute Gasteiger partial charge is 0.287 e. The van der Waals surface area contributed by atoms with Gasteiger partial charge >= 0.3 is 0 Å². The second kappa shape index (κ2) is 11.3. The maximum Gasteiger partial charge on any atom is 0.287 e. The number of likely N-dealkylation sites (tertiary alicyclic amines) is 1. The number of anilines is 1. The molecule has 204 valence electrons. The minimum absolute atomic E-state index is 0.0434.